The van der Waals surface area contributed by atoms with Gasteiger partial charge in [-0.05, 0) is 30.2 Å². The van der Waals surface area contributed by atoms with E-state index in [-0.39, 0.29) is 24.0 Å². The summed E-state index contributed by atoms with van der Waals surface area (Å²) < 4.78 is 5.46. The largest absolute Gasteiger partial charge is 0.506 e. The third kappa shape index (κ3) is 7.22. The molecule has 180 valence electrons. The average Bonchev–Trinajstić information content (AvgIpc) is 2.83. The Morgan fingerprint density at radius 1 is 0.970 bits per heavy atom. The standard InChI is InChI=1S/C25H35N5O2.HI/c1-2-26-25(30-12-10-29(11-13-30)23-8-3-4-9-24(23)31)27-19-21-6-5-7-22(18-21)20-28-14-16-32-17-15-28;/h3-9,18,31H,2,10-17,19-20H2,1H3,(H,26,27);1H. The van der Waals surface area contributed by atoms with E-state index in [2.05, 4.69) is 51.2 Å². The molecule has 2 aliphatic rings. The number of halogens is 1. The zero-order chi connectivity index (χ0) is 22.2. The van der Waals surface area contributed by atoms with E-state index < -0.39 is 0 Å². The summed E-state index contributed by atoms with van der Waals surface area (Å²) >= 11 is 0. The molecule has 4 rings (SSSR count). The highest BCUT2D eigenvalue weighted by atomic mass is 127. The van der Waals surface area contributed by atoms with E-state index in [4.69, 9.17) is 9.73 Å². The van der Waals surface area contributed by atoms with Crippen LogP contribution in [-0.2, 0) is 17.8 Å². The van der Waals surface area contributed by atoms with Crippen LogP contribution in [0.25, 0.3) is 0 Å². The molecule has 2 saturated heterocycles. The number of morpholine rings is 1. The molecular weight excluding hydrogens is 529 g/mol. The van der Waals surface area contributed by atoms with Crippen LogP contribution in [-0.4, -0.2) is 79.9 Å². The number of phenolic OH excluding ortho intramolecular Hbond substituents is 1. The van der Waals surface area contributed by atoms with Crippen molar-refractivity contribution in [1.29, 1.82) is 0 Å². The Hall–Kier alpha value is -2.04. The third-order valence-electron chi connectivity index (χ3n) is 6.05. The molecule has 0 amide bonds. The second-order valence-electron chi connectivity index (χ2n) is 8.34. The van der Waals surface area contributed by atoms with E-state index in [0.717, 1.165) is 77.2 Å². The van der Waals surface area contributed by atoms with Gasteiger partial charge in [0.15, 0.2) is 5.96 Å². The number of hydrogen-bond acceptors (Lipinski definition) is 5. The number of nitrogens with one attached hydrogen (secondary N) is 1. The van der Waals surface area contributed by atoms with Crippen molar-refractivity contribution < 1.29 is 9.84 Å². The zero-order valence-corrected chi connectivity index (χ0v) is 21.8. The molecule has 2 aliphatic heterocycles. The van der Waals surface area contributed by atoms with Crippen LogP contribution in [0.15, 0.2) is 53.5 Å². The van der Waals surface area contributed by atoms with Gasteiger partial charge in [-0.15, -0.1) is 24.0 Å². The smallest absolute Gasteiger partial charge is 0.194 e. The maximum absolute atomic E-state index is 10.2. The number of anilines is 1. The van der Waals surface area contributed by atoms with Gasteiger partial charge in [0, 0.05) is 52.4 Å². The van der Waals surface area contributed by atoms with E-state index in [1.807, 2.05) is 18.2 Å². The van der Waals surface area contributed by atoms with Gasteiger partial charge < -0.3 is 25.0 Å². The van der Waals surface area contributed by atoms with Crippen molar-refractivity contribution >= 4 is 35.6 Å². The topological polar surface area (TPSA) is 63.6 Å². The van der Waals surface area contributed by atoms with Gasteiger partial charge >= 0.3 is 0 Å². The van der Waals surface area contributed by atoms with E-state index in [1.54, 1.807) is 6.07 Å². The van der Waals surface area contributed by atoms with Gasteiger partial charge in [0.2, 0.25) is 0 Å². The second-order valence-corrected chi connectivity index (χ2v) is 8.34. The summed E-state index contributed by atoms with van der Waals surface area (Å²) in [5.74, 6) is 1.31. The SMILES string of the molecule is CCNC(=NCc1cccc(CN2CCOCC2)c1)N1CCN(c2ccccc2O)CC1.I. The third-order valence-corrected chi connectivity index (χ3v) is 6.05. The quantitative estimate of drug-likeness (QED) is 0.319. The van der Waals surface area contributed by atoms with Crippen molar-refractivity contribution in [3.05, 3.63) is 59.7 Å². The number of nitrogens with zero attached hydrogens (tertiary/aromatic N) is 4. The summed E-state index contributed by atoms with van der Waals surface area (Å²) in [7, 11) is 0. The van der Waals surface area contributed by atoms with Crippen molar-refractivity contribution in [3.63, 3.8) is 0 Å². The fourth-order valence-corrected chi connectivity index (χ4v) is 4.33. The molecule has 2 heterocycles. The van der Waals surface area contributed by atoms with Gasteiger partial charge in [0.25, 0.3) is 0 Å². The molecule has 0 atom stereocenters. The van der Waals surface area contributed by atoms with Gasteiger partial charge in [-0.1, -0.05) is 36.4 Å². The maximum atomic E-state index is 10.2. The number of piperazine rings is 1. The number of phenols is 1. The predicted octanol–water partition coefficient (Wildman–Crippen LogP) is 3.13. The highest BCUT2D eigenvalue weighted by Crippen LogP contribution is 2.27. The van der Waals surface area contributed by atoms with Crippen molar-refractivity contribution in [1.82, 2.24) is 15.1 Å². The van der Waals surface area contributed by atoms with Gasteiger partial charge in [0.1, 0.15) is 5.75 Å². The van der Waals surface area contributed by atoms with E-state index in [1.165, 1.54) is 11.1 Å². The predicted molar refractivity (Wildman–Crippen MR) is 145 cm³/mol. The Morgan fingerprint density at radius 3 is 2.42 bits per heavy atom. The van der Waals surface area contributed by atoms with Crippen LogP contribution in [0.4, 0.5) is 5.69 Å². The number of aliphatic imine (C=N–C) groups is 1. The monoisotopic (exact) mass is 565 g/mol. The Balaban J connectivity index is 0.00000306. The van der Waals surface area contributed by atoms with Gasteiger partial charge in [-0.2, -0.15) is 0 Å². The lowest BCUT2D eigenvalue weighted by atomic mass is 10.1. The van der Waals surface area contributed by atoms with Crippen molar-refractivity contribution in [2.45, 2.75) is 20.0 Å². The molecule has 33 heavy (non-hydrogen) atoms. The molecule has 0 bridgehead atoms. The minimum absolute atomic E-state index is 0. The second kappa shape index (κ2) is 13.0. The summed E-state index contributed by atoms with van der Waals surface area (Å²) in [5.41, 5.74) is 3.48. The fourth-order valence-electron chi connectivity index (χ4n) is 4.33. The molecule has 0 aromatic heterocycles. The van der Waals surface area contributed by atoms with Crippen LogP contribution >= 0.6 is 24.0 Å². The number of aromatic hydroxyl groups is 1. The zero-order valence-electron chi connectivity index (χ0n) is 19.4. The first-order chi connectivity index (χ1) is 15.7. The van der Waals surface area contributed by atoms with Gasteiger partial charge in [-0.3, -0.25) is 4.90 Å². The molecule has 0 spiro atoms. The first-order valence-corrected chi connectivity index (χ1v) is 11.7. The summed E-state index contributed by atoms with van der Waals surface area (Å²) in [6, 6.07) is 16.3. The minimum atomic E-state index is 0. The first kappa shape index (κ1) is 25.6. The molecule has 2 fully saturated rings. The van der Waals surface area contributed by atoms with Crippen LogP contribution in [0.2, 0.25) is 0 Å². The number of para-hydroxylation sites is 2. The lowest BCUT2D eigenvalue weighted by Crippen LogP contribution is -2.52. The molecule has 7 nitrogen and oxygen atoms in total. The number of rotatable bonds is 6. The number of guanidine groups is 1. The van der Waals surface area contributed by atoms with E-state index in [9.17, 15) is 5.11 Å². The molecule has 0 aliphatic carbocycles. The highest BCUT2D eigenvalue weighted by molar-refractivity contribution is 14.0. The lowest BCUT2D eigenvalue weighted by Gasteiger charge is -2.37. The number of hydrogen-bond donors (Lipinski definition) is 2. The number of benzene rings is 2. The highest BCUT2D eigenvalue weighted by Gasteiger charge is 2.21. The molecule has 2 N–H and O–H groups in total. The minimum Gasteiger partial charge on any atom is -0.506 e. The van der Waals surface area contributed by atoms with Crippen LogP contribution in [0.5, 0.6) is 5.75 Å². The van der Waals surface area contributed by atoms with E-state index in [0.29, 0.717) is 12.3 Å². The van der Waals surface area contributed by atoms with Crippen LogP contribution in [0, 0.1) is 0 Å². The Labute approximate surface area is 214 Å². The molecule has 8 heteroatoms. The van der Waals surface area contributed by atoms with Crippen molar-refractivity contribution in [2.24, 2.45) is 4.99 Å². The Morgan fingerprint density at radius 2 is 1.70 bits per heavy atom. The average molecular weight is 566 g/mol. The summed E-state index contributed by atoms with van der Waals surface area (Å²) in [5, 5.41) is 13.6. The van der Waals surface area contributed by atoms with Crippen LogP contribution in [0.3, 0.4) is 0 Å². The maximum Gasteiger partial charge on any atom is 0.194 e. The van der Waals surface area contributed by atoms with E-state index >= 15 is 0 Å². The molecular formula is C25H36IN5O2. The summed E-state index contributed by atoms with van der Waals surface area (Å²) in [6.07, 6.45) is 0. The van der Waals surface area contributed by atoms with Crippen LogP contribution in [0.1, 0.15) is 18.1 Å². The molecule has 0 saturated carbocycles. The molecule has 0 unspecified atom stereocenters. The molecule has 0 radical (unpaired) electrons. The normalized spacial score (nSPS) is 17.5. The Kier molecular flexibility index (Phi) is 10.1. The fraction of sp³-hybridized carbons (Fsp3) is 0.480. The lowest BCUT2D eigenvalue weighted by molar-refractivity contribution is 0.0342. The van der Waals surface area contributed by atoms with Gasteiger partial charge in [-0.25, -0.2) is 4.99 Å². The first-order valence-electron chi connectivity index (χ1n) is 11.7. The molecule has 2 aromatic carbocycles. The summed E-state index contributed by atoms with van der Waals surface area (Å²) in [4.78, 5) is 11.9. The van der Waals surface area contributed by atoms with Crippen LogP contribution < -0.4 is 10.2 Å². The van der Waals surface area contributed by atoms with Gasteiger partial charge in [0.05, 0.1) is 25.4 Å². The van der Waals surface area contributed by atoms with Crippen molar-refractivity contribution in [3.8, 4) is 5.75 Å². The number of ether oxygens (including phenoxy) is 1. The molecule has 2 aromatic rings. The Bertz CT molecular complexity index is 896. The van der Waals surface area contributed by atoms with Crippen molar-refractivity contribution in [2.75, 3.05) is 63.9 Å². The summed E-state index contributed by atoms with van der Waals surface area (Å²) in [6.45, 7) is 11.7.